The van der Waals surface area contributed by atoms with Gasteiger partial charge < -0.3 is 25.0 Å². The number of carboxylic acids is 2. The molecule has 24 heavy (non-hydrogen) atoms. The number of hydrogen-bond donors (Lipinski definition) is 3. The molecule has 0 bridgehead atoms. The van der Waals surface area contributed by atoms with Gasteiger partial charge >= 0.3 is 11.9 Å². The Morgan fingerprint density at radius 3 is 2.17 bits per heavy atom. The van der Waals surface area contributed by atoms with E-state index in [0.29, 0.717) is 22.3 Å². The van der Waals surface area contributed by atoms with Crippen LogP contribution in [-0.4, -0.2) is 64.5 Å². The number of carbonyl (C=O) groups is 2. The van der Waals surface area contributed by atoms with Gasteiger partial charge in [-0.05, 0) is 25.2 Å². The van der Waals surface area contributed by atoms with Gasteiger partial charge in [-0.1, -0.05) is 37.0 Å². The first-order chi connectivity index (χ1) is 11.2. The van der Waals surface area contributed by atoms with E-state index in [9.17, 15) is 5.11 Å². The van der Waals surface area contributed by atoms with E-state index in [1.54, 1.807) is 18.2 Å². The molecule has 1 rings (SSSR count). The molecule has 1 aromatic carbocycles. The van der Waals surface area contributed by atoms with Crippen LogP contribution in [0, 0.1) is 0 Å². The number of hydrogen-bond acceptors (Lipinski definition) is 5. The molecule has 0 aliphatic carbocycles. The van der Waals surface area contributed by atoms with Gasteiger partial charge in [-0.3, -0.25) is 0 Å². The van der Waals surface area contributed by atoms with Crippen LogP contribution in [0.1, 0.15) is 13.8 Å². The molecule has 0 amide bonds. The van der Waals surface area contributed by atoms with Crippen LogP contribution in [0.2, 0.25) is 10.0 Å². The van der Waals surface area contributed by atoms with Gasteiger partial charge in [-0.2, -0.15) is 0 Å². The van der Waals surface area contributed by atoms with Crippen LogP contribution in [0.4, 0.5) is 0 Å². The Balaban J connectivity index is 0.000000754. The van der Waals surface area contributed by atoms with Crippen molar-refractivity contribution in [2.45, 2.75) is 20.0 Å². The largest absolute Gasteiger partial charge is 0.489 e. The molecule has 1 atom stereocenters. The maximum Gasteiger partial charge on any atom is 0.414 e. The summed E-state index contributed by atoms with van der Waals surface area (Å²) in [6, 6.07) is 5.02. The predicted molar refractivity (Wildman–Crippen MR) is 91.0 cm³/mol. The van der Waals surface area contributed by atoms with Crippen LogP contribution in [0.15, 0.2) is 18.2 Å². The van der Waals surface area contributed by atoms with Gasteiger partial charge in [0.25, 0.3) is 0 Å². The first kappa shape index (κ1) is 22.5. The van der Waals surface area contributed by atoms with Crippen LogP contribution < -0.4 is 4.74 Å². The zero-order chi connectivity index (χ0) is 18.7. The fourth-order valence-corrected chi connectivity index (χ4v) is 1.94. The lowest BCUT2D eigenvalue weighted by Gasteiger charge is -2.22. The highest BCUT2D eigenvalue weighted by Crippen LogP contribution is 2.27. The molecule has 1 unspecified atom stereocenters. The van der Waals surface area contributed by atoms with E-state index >= 15 is 0 Å². The number of aliphatic carboxylic acids is 2. The Morgan fingerprint density at radius 1 is 1.17 bits per heavy atom. The van der Waals surface area contributed by atoms with Crippen molar-refractivity contribution in [2.24, 2.45) is 0 Å². The van der Waals surface area contributed by atoms with Gasteiger partial charge in [0.15, 0.2) is 0 Å². The van der Waals surface area contributed by atoms with Crippen molar-refractivity contribution in [3.8, 4) is 5.75 Å². The normalized spacial score (nSPS) is 11.4. The van der Waals surface area contributed by atoms with Crippen molar-refractivity contribution >= 4 is 35.1 Å². The molecule has 0 fully saturated rings. The number of benzene rings is 1. The quantitative estimate of drug-likeness (QED) is 0.621. The number of aliphatic hydroxyl groups excluding tert-OH is 1. The minimum absolute atomic E-state index is 0.205. The number of aliphatic hydroxyl groups is 1. The molecule has 0 heterocycles. The molecule has 3 N–H and O–H groups in total. The second-order valence-electron chi connectivity index (χ2n) is 4.64. The molecule has 0 spiro atoms. The highest BCUT2D eigenvalue weighted by atomic mass is 35.5. The first-order valence-electron chi connectivity index (χ1n) is 7.15. The third kappa shape index (κ3) is 9.57. The van der Waals surface area contributed by atoms with Crippen molar-refractivity contribution in [3.05, 3.63) is 28.2 Å². The summed E-state index contributed by atoms with van der Waals surface area (Å²) < 4.78 is 5.48. The highest BCUT2D eigenvalue weighted by Gasteiger charge is 2.11. The summed E-state index contributed by atoms with van der Waals surface area (Å²) in [5.41, 5.74) is 0. The molecule has 1 aromatic rings. The Hall–Kier alpha value is -1.54. The molecule has 9 heteroatoms. The molecule has 7 nitrogen and oxygen atoms in total. The number of rotatable bonds is 7. The molecule has 0 aliphatic heterocycles. The average Bonchev–Trinajstić information content (AvgIpc) is 2.53. The van der Waals surface area contributed by atoms with E-state index in [0.717, 1.165) is 13.1 Å². The second kappa shape index (κ2) is 11.9. The Kier molecular flexibility index (Phi) is 11.1. The second-order valence-corrected chi connectivity index (χ2v) is 5.48. The molecule has 136 valence electrons. The minimum Gasteiger partial charge on any atom is -0.489 e. The van der Waals surface area contributed by atoms with E-state index in [-0.39, 0.29) is 6.61 Å². The summed E-state index contributed by atoms with van der Waals surface area (Å²) >= 11 is 11.8. The monoisotopic (exact) mass is 381 g/mol. The van der Waals surface area contributed by atoms with Gasteiger partial charge in [-0.25, -0.2) is 9.59 Å². The van der Waals surface area contributed by atoms with Gasteiger partial charge in [0, 0.05) is 17.6 Å². The van der Waals surface area contributed by atoms with Crippen LogP contribution in [0.5, 0.6) is 5.75 Å². The molecule has 0 aromatic heterocycles. The van der Waals surface area contributed by atoms with Gasteiger partial charge in [0.1, 0.15) is 18.5 Å². The number of carboxylic acid groups (broad SMARTS) is 2. The number of ether oxygens (including phenoxy) is 1. The van der Waals surface area contributed by atoms with Crippen molar-refractivity contribution in [1.29, 1.82) is 0 Å². The molecule has 0 radical (unpaired) electrons. The topological polar surface area (TPSA) is 107 Å². The van der Waals surface area contributed by atoms with E-state index in [2.05, 4.69) is 18.7 Å². The Morgan fingerprint density at radius 2 is 1.71 bits per heavy atom. The van der Waals surface area contributed by atoms with Crippen LogP contribution in [-0.2, 0) is 9.59 Å². The zero-order valence-electron chi connectivity index (χ0n) is 13.4. The standard InChI is InChI=1S/C13H19Cl2NO2.C2H2O4/c1-3-16(4-2)8-11(17)9-18-13-7-10(14)5-6-12(13)15;3-1(4)2(5)6/h5-7,11,17H,3-4,8-9H2,1-2H3;(H,3,4)(H,5,6). The molecule has 0 saturated heterocycles. The molecular formula is C15H21Cl2NO6. The van der Waals surface area contributed by atoms with Gasteiger partial charge in [0.2, 0.25) is 0 Å². The lowest BCUT2D eigenvalue weighted by molar-refractivity contribution is -0.159. The van der Waals surface area contributed by atoms with E-state index in [1.165, 1.54) is 0 Å². The summed E-state index contributed by atoms with van der Waals surface area (Å²) in [7, 11) is 0. The number of likely N-dealkylation sites (N-methyl/N-ethyl adjacent to an activating group) is 1. The van der Waals surface area contributed by atoms with E-state index < -0.39 is 18.0 Å². The van der Waals surface area contributed by atoms with Crippen molar-refractivity contribution in [1.82, 2.24) is 4.90 Å². The highest BCUT2D eigenvalue weighted by molar-refractivity contribution is 6.34. The third-order valence-electron chi connectivity index (χ3n) is 2.87. The lowest BCUT2D eigenvalue weighted by Crippen LogP contribution is -2.35. The van der Waals surface area contributed by atoms with Gasteiger partial charge in [-0.15, -0.1) is 0 Å². The SMILES string of the molecule is CCN(CC)CC(O)COc1cc(Cl)ccc1Cl.O=C(O)C(=O)O. The Bertz CT molecular complexity index is 525. The lowest BCUT2D eigenvalue weighted by atomic mass is 10.3. The van der Waals surface area contributed by atoms with Crippen LogP contribution in [0.3, 0.4) is 0 Å². The fourth-order valence-electron chi connectivity index (χ4n) is 1.61. The molecule has 0 saturated carbocycles. The van der Waals surface area contributed by atoms with E-state index in [1.807, 2.05) is 0 Å². The first-order valence-corrected chi connectivity index (χ1v) is 7.91. The van der Waals surface area contributed by atoms with Crippen molar-refractivity contribution in [3.63, 3.8) is 0 Å². The maximum absolute atomic E-state index is 9.86. The van der Waals surface area contributed by atoms with Crippen molar-refractivity contribution < 1.29 is 29.6 Å². The third-order valence-corrected chi connectivity index (χ3v) is 3.42. The summed E-state index contributed by atoms with van der Waals surface area (Å²) in [5.74, 6) is -3.15. The number of halogens is 2. The molecule has 0 aliphatic rings. The summed E-state index contributed by atoms with van der Waals surface area (Å²) in [6.45, 7) is 6.73. The van der Waals surface area contributed by atoms with Crippen LogP contribution >= 0.6 is 23.2 Å². The fraction of sp³-hybridized carbons (Fsp3) is 0.467. The predicted octanol–water partition coefficient (Wildman–Crippen LogP) is 2.23. The Labute approximate surface area is 150 Å². The minimum atomic E-state index is -1.82. The zero-order valence-corrected chi connectivity index (χ0v) is 14.9. The summed E-state index contributed by atoms with van der Waals surface area (Å²) in [4.78, 5) is 20.3. The van der Waals surface area contributed by atoms with Crippen LogP contribution in [0.25, 0.3) is 0 Å². The molecular weight excluding hydrogens is 361 g/mol. The smallest absolute Gasteiger partial charge is 0.414 e. The van der Waals surface area contributed by atoms with Gasteiger partial charge in [0.05, 0.1) is 5.02 Å². The average molecular weight is 382 g/mol. The van der Waals surface area contributed by atoms with E-state index in [4.69, 9.17) is 47.7 Å². The summed E-state index contributed by atoms with van der Waals surface area (Å²) in [5, 5.41) is 25.7. The maximum atomic E-state index is 9.86. The van der Waals surface area contributed by atoms with Crippen molar-refractivity contribution in [2.75, 3.05) is 26.2 Å². The summed E-state index contributed by atoms with van der Waals surface area (Å²) in [6.07, 6.45) is -0.542. The number of nitrogens with zero attached hydrogens (tertiary/aromatic N) is 1.